The second-order valence-electron chi connectivity index (χ2n) is 7.06. The molecule has 0 atom stereocenters. The maximum absolute atomic E-state index is 12.9. The normalized spacial score (nSPS) is 11.8. The van der Waals surface area contributed by atoms with E-state index in [1.807, 2.05) is 53.1 Å². The second-order valence-corrected chi connectivity index (χ2v) is 7.06. The topological polar surface area (TPSA) is 39.4 Å². The molecule has 2 aromatic carbocycles. The van der Waals surface area contributed by atoms with E-state index in [1.165, 1.54) is 12.1 Å². The first-order chi connectivity index (χ1) is 15.0. The molecule has 0 N–H and O–H groups in total. The molecule has 0 spiro atoms. The molecule has 3 heterocycles. The van der Waals surface area contributed by atoms with Gasteiger partial charge in [0.25, 0.3) is 0 Å². The Labute approximate surface area is 175 Å². The Bertz CT molecular complexity index is 1360. The van der Waals surface area contributed by atoms with Crippen molar-refractivity contribution >= 4 is 16.3 Å². The maximum atomic E-state index is 12.9. The number of hydrogen-bond acceptors (Lipinski definition) is 3. The van der Waals surface area contributed by atoms with Gasteiger partial charge in [-0.05, 0) is 24.3 Å². The van der Waals surface area contributed by atoms with Crippen LogP contribution in [-0.2, 0) is 12.8 Å². The molecule has 0 radical (unpaired) electrons. The summed E-state index contributed by atoms with van der Waals surface area (Å²) in [5, 5.41) is 1.86. The van der Waals surface area contributed by atoms with E-state index in [0.29, 0.717) is 23.7 Å². The van der Waals surface area contributed by atoms with Gasteiger partial charge in [-0.2, -0.15) is 13.2 Å². The van der Waals surface area contributed by atoms with Crippen LogP contribution in [0.5, 0.6) is 5.75 Å². The molecule has 0 aliphatic heterocycles. The standard InChI is InChI=1S/C24H16F3N3O/c25-24(26,27)17-10-8-16(9-11-17)23-29-13-21-19-6-1-2-7-20(19)22(14-30(21)23)31-15-18-5-3-4-12-28-18/h1-14H,15H2. The zero-order valence-corrected chi connectivity index (χ0v) is 16.2. The first kappa shape index (κ1) is 19.1. The number of benzene rings is 2. The van der Waals surface area contributed by atoms with Gasteiger partial charge in [0.1, 0.15) is 18.2 Å². The minimum atomic E-state index is -4.38. The molecule has 154 valence electrons. The lowest BCUT2D eigenvalue weighted by molar-refractivity contribution is -0.137. The van der Waals surface area contributed by atoms with Crippen molar-refractivity contribution in [3.8, 4) is 17.1 Å². The number of nitrogens with zero attached hydrogens (tertiary/aromatic N) is 3. The van der Waals surface area contributed by atoms with Gasteiger partial charge < -0.3 is 4.74 Å². The highest BCUT2D eigenvalue weighted by atomic mass is 19.4. The highest BCUT2D eigenvalue weighted by molar-refractivity contribution is 6.00. The maximum Gasteiger partial charge on any atom is 0.416 e. The van der Waals surface area contributed by atoms with Gasteiger partial charge in [-0.15, -0.1) is 0 Å². The van der Waals surface area contributed by atoms with Crippen LogP contribution in [0.3, 0.4) is 0 Å². The lowest BCUT2D eigenvalue weighted by atomic mass is 10.1. The summed E-state index contributed by atoms with van der Waals surface area (Å²) in [4.78, 5) is 8.76. The number of imidazole rings is 1. The van der Waals surface area contributed by atoms with Crippen LogP contribution in [0, 0.1) is 0 Å². The van der Waals surface area contributed by atoms with E-state index in [2.05, 4.69) is 9.97 Å². The van der Waals surface area contributed by atoms with Gasteiger partial charge in [0.15, 0.2) is 0 Å². The summed E-state index contributed by atoms with van der Waals surface area (Å²) >= 11 is 0. The lowest BCUT2D eigenvalue weighted by Crippen LogP contribution is -2.04. The number of pyridine rings is 2. The summed E-state index contributed by atoms with van der Waals surface area (Å²) in [6.07, 6.45) is 0.868. The van der Waals surface area contributed by atoms with Gasteiger partial charge in [0, 0.05) is 22.5 Å². The minimum Gasteiger partial charge on any atom is -0.485 e. The van der Waals surface area contributed by atoms with Crippen LogP contribution in [-0.4, -0.2) is 14.4 Å². The quantitative estimate of drug-likeness (QED) is 0.351. The zero-order chi connectivity index (χ0) is 21.4. The molecule has 0 fully saturated rings. The first-order valence-electron chi connectivity index (χ1n) is 9.60. The van der Waals surface area contributed by atoms with Crippen LogP contribution >= 0.6 is 0 Å². The van der Waals surface area contributed by atoms with E-state index in [1.54, 1.807) is 12.4 Å². The van der Waals surface area contributed by atoms with Crippen molar-refractivity contribution in [2.24, 2.45) is 0 Å². The van der Waals surface area contributed by atoms with Crippen LogP contribution < -0.4 is 4.74 Å². The van der Waals surface area contributed by atoms with Gasteiger partial charge >= 0.3 is 6.18 Å². The molecule has 0 bridgehead atoms. The number of rotatable bonds is 4. The summed E-state index contributed by atoms with van der Waals surface area (Å²) in [5.41, 5.74) is 1.52. The fourth-order valence-electron chi connectivity index (χ4n) is 3.57. The smallest absolute Gasteiger partial charge is 0.416 e. The van der Waals surface area contributed by atoms with E-state index < -0.39 is 11.7 Å². The van der Waals surface area contributed by atoms with Gasteiger partial charge in [-0.25, -0.2) is 4.98 Å². The Morgan fingerprint density at radius 2 is 1.58 bits per heavy atom. The van der Waals surface area contributed by atoms with Crippen LogP contribution in [0.15, 0.2) is 85.3 Å². The summed E-state index contributed by atoms with van der Waals surface area (Å²) in [6.45, 7) is 0.292. The number of ether oxygens (including phenoxy) is 1. The number of alkyl halides is 3. The van der Waals surface area contributed by atoms with Crippen molar-refractivity contribution in [3.63, 3.8) is 0 Å². The largest absolute Gasteiger partial charge is 0.485 e. The number of hydrogen-bond donors (Lipinski definition) is 0. The van der Waals surface area contributed by atoms with Crippen molar-refractivity contribution in [2.45, 2.75) is 12.8 Å². The van der Waals surface area contributed by atoms with E-state index in [4.69, 9.17) is 4.74 Å². The Morgan fingerprint density at radius 1 is 0.839 bits per heavy atom. The van der Waals surface area contributed by atoms with Crippen molar-refractivity contribution in [2.75, 3.05) is 0 Å². The van der Waals surface area contributed by atoms with Crippen LogP contribution in [0.2, 0.25) is 0 Å². The molecule has 3 aromatic heterocycles. The molecule has 0 unspecified atom stereocenters. The van der Waals surface area contributed by atoms with E-state index in [9.17, 15) is 13.2 Å². The predicted molar refractivity (Wildman–Crippen MR) is 112 cm³/mol. The van der Waals surface area contributed by atoms with Crippen molar-refractivity contribution in [1.29, 1.82) is 0 Å². The molecular formula is C24H16F3N3O. The number of fused-ring (bicyclic) bond motifs is 3. The van der Waals surface area contributed by atoms with E-state index in [-0.39, 0.29) is 0 Å². The molecule has 7 heteroatoms. The third-order valence-corrected chi connectivity index (χ3v) is 5.08. The lowest BCUT2D eigenvalue weighted by Gasteiger charge is -2.12. The minimum absolute atomic E-state index is 0.292. The molecule has 0 amide bonds. The Balaban J connectivity index is 1.61. The Kier molecular flexibility index (Phi) is 4.58. The van der Waals surface area contributed by atoms with Crippen LogP contribution in [0.25, 0.3) is 27.7 Å². The van der Waals surface area contributed by atoms with E-state index in [0.717, 1.165) is 34.1 Å². The number of halogens is 3. The SMILES string of the molecule is FC(F)(F)c1ccc(-c2ncc3c4ccccc4c(OCc4ccccn4)cn23)cc1. The number of aromatic nitrogens is 3. The monoisotopic (exact) mass is 419 g/mol. The highest BCUT2D eigenvalue weighted by Crippen LogP contribution is 2.34. The Hall–Kier alpha value is -3.87. The molecular weight excluding hydrogens is 403 g/mol. The average Bonchev–Trinajstić information content (AvgIpc) is 3.22. The molecule has 5 rings (SSSR count). The molecule has 31 heavy (non-hydrogen) atoms. The predicted octanol–water partition coefficient (Wildman–Crippen LogP) is 6.15. The van der Waals surface area contributed by atoms with Crippen LogP contribution in [0.4, 0.5) is 13.2 Å². The molecule has 0 saturated carbocycles. The van der Waals surface area contributed by atoms with Crippen molar-refractivity contribution in [1.82, 2.24) is 14.4 Å². The van der Waals surface area contributed by atoms with Gasteiger partial charge in [0.05, 0.1) is 29.2 Å². The highest BCUT2D eigenvalue weighted by Gasteiger charge is 2.30. The summed E-state index contributed by atoms with van der Waals surface area (Å²) in [5.74, 6) is 1.18. The van der Waals surface area contributed by atoms with Crippen molar-refractivity contribution in [3.05, 3.63) is 96.6 Å². The fourth-order valence-corrected chi connectivity index (χ4v) is 3.57. The summed E-state index contributed by atoms with van der Waals surface area (Å²) in [6, 6.07) is 18.4. The van der Waals surface area contributed by atoms with Gasteiger partial charge in [-0.3, -0.25) is 9.38 Å². The third kappa shape index (κ3) is 3.59. The summed E-state index contributed by atoms with van der Waals surface area (Å²) < 4.78 is 46.7. The molecule has 0 aliphatic rings. The molecule has 0 saturated heterocycles. The van der Waals surface area contributed by atoms with Crippen molar-refractivity contribution < 1.29 is 17.9 Å². The zero-order valence-electron chi connectivity index (χ0n) is 16.2. The second kappa shape index (κ2) is 7.43. The van der Waals surface area contributed by atoms with Gasteiger partial charge in [-0.1, -0.05) is 42.5 Å². The van der Waals surface area contributed by atoms with Gasteiger partial charge in [0.2, 0.25) is 0 Å². The van der Waals surface area contributed by atoms with Crippen LogP contribution in [0.1, 0.15) is 11.3 Å². The Morgan fingerprint density at radius 3 is 2.29 bits per heavy atom. The van der Waals surface area contributed by atoms with E-state index >= 15 is 0 Å². The first-order valence-corrected chi connectivity index (χ1v) is 9.60. The average molecular weight is 419 g/mol. The molecule has 4 nitrogen and oxygen atoms in total. The summed E-state index contributed by atoms with van der Waals surface area (Å²) in [7, 11) is 0. The molecule has 0 aliphatic carbocycles. The molecule has 5 aromatic rings. The fraction of sp³-hybridized carbons (Fsp3) is 0.0833. The third-order valence-electron chi connectivity index (χ3n) is 5.08.